The Balaban J connectivity index is 2.00. The molecule has 0 aliphatic heterocycles. The lowest BCUT2D eigenvalue weighted by atomic mass is 9.96. The number of methoxy groups -OCH3 is 2. The molecule has 0 saturated heterocycles. The number of nitrogens with one attached hydrogen (secondary N) is 2. The molecule has 0 bridgehead atoms. The molecule has 3 N–H and O–H groups in total. The van der Waals surface area contributed by atoms with Crippen molar-refractivity contribution in [2.24, 2.45) is 4.99 Å². The largest absolute Gasteiger partial charge is 0.497 e. The van der Waals surface area contributed by atoms with Crippen molar-refractivity contribution in [1.82, 2.24) is 10.6 Å². The number of guanidine groups is 1. The molecule has 0 aromatic heterocycles. The molecule has 0 fully saturated rings. The first-order valence-electron chi connectivity index (χ1n) is 9.51. The number of aliphatic imine (C=N–C) groups is 1. The third-order valence-corrected chi connectivity index (χ3v) is 4.46. The lowest BCUT2D eigenvalue weighted by Gasteiger charge is -2.22. The summed E-state index contributed by atoms with van der Waals surface area (Å²) in [4.78, 5) is 4.56. The zero-order valence-electron chi connectivity index (χ0n) is 17.2. The Morgan fingerprint density at radius 1 is 1.07 bits per heavy atom. The van der Waals surface area contributed by atoms with E-state index >= 15 is 0 Å². The second-order valence-electron chi connectivity index (χ2n) is 6.69. The summed E-state index contributed by atoms with van der Waals surface area (Å²) in [6, 6.07) is 15.3. The summed E-state index contributed by atoms with van der Waals surface area (Å²) in [6.07, 6.45) is 0.750. The van der Waals surface area contributed by atoms with Gasteiger partial charge >= 0.3 is 0 Å². The molecule has 1 unspecified atom stereocenters. The molecule has 2 rings (SSSR count). The van der Waals surface area contributed by atoms with Gasteiger partial charge in [0.25, 0.3) is 0 Å². The first-order valence-corrected chi connectivity index (χ1v) is 9.51. The van der Waals surface area contributed by atoms with E-state index in [-0.39, 0.29) is 6.54 Å². The van der Waals surface area contributed by atoms with Crippen LogP contribution in [0.5, 0.6) is 11.5 Å². The minimum atomic E-state index is -1.03. The quantitative estimate of drug-likeness (QED) is 0.457. The maximum atomic E-state index is 10.7. The molecule has 0 aliphatic carbocycles. The number of ether oxygens (including phenoxy) is 2. The number of nitrogens with zero attached hydrogens (tertiary/aromatic N) is 1. The van der Waals surface area contributed by atoms with Crippen LogP contribution in [0.2, 0.25) is 0 Å². The van der Waals surface area contributed by atoms with Gasteiger partial charge in [0.05, 0.1) is 20.8 Å². The molecule has 1 atom stereocenters. The molecule has 6 nitrogen and oxygen atoms in total. The summed E-state index contributed by atoms with van der Waals surface area (Å²) in [5, 5.41) is 17.3. The molecule has 0 spiro atoms. The zero-order valence-corrected chi connectivity index (χ0v) is 17.2. The van der Waals surface area contributed by atoms with Gasteiger partial charge in [-0.3, -0.25) is 0 Å². The van der Waals surface area contributed by atoms with Crippen LogP contribution >= 0.6 is 0 Å². The van der Waals surface area contributed by atoms with Gasteiger partial charge in [0, 0.05) is 13.1 Å². The molecule has 2 aromatic rings. The van der Waals surface area contributed by atoms with E-state index in [1.54, 1.807) is 21.1 Å². The predicted molar refractivity (Wildman–Crippen MR) is 113 cm³/mol. The highest BCUT2D eigenvalue weighted by atomic mass is 16.5. The summed E-state index contributed by atoms with van der Waals surface area (Å²) in [5.41, 5.74) is 0.872. The number of aliphatic hydroxyl groups is 1. The molecular formula is C22H31N3O3. The van der Waals surface area contributed by atoms with E-state index in [9.17, 15) is 5.11 Å². The Kier molecular flexibility index (Phi) is 8.14. The monoisotopic (exact) mass is 385 g/mol. The Morgan fingerprint density at radius 2 is 1.82 bits per heavy atom. The van der Waals surface area contributed by atoms with Crippen molar-refractivity contribution in [3.63, 3.8) is 0 Å². The van der Waals surface area contributed by atoms with Crippen LogP contribution in [-0.2, 0) is 12.0 Å². The van der Waals surface area contributed by atoms with Gasteiger partial charge in [0.1, 0.15) is 17.1 Å². The third-order valence-electron chi connectivity index (χ3n) is 4.46. The van der Waals surface area contributed by atoms with Crippen LogP contribution in [0.25, 0.3) is 0 Å². The molecule has 0 radical (unpaired) electrons. The Hall–Kier alpha value is -2.73. The molecule has 0 heterocycles. The molecule has 2 aromatic carbocycles. The molecule has 152 valence electrons. The highest BCUT2D eigenvalue weighted by Crippen LogP contribution is 2.24. The van der Waals surface area contributed by atoms with Gasteiger partial charge in [0.15, 0.2) is 5.96 Å². The molecule has 0 amide bonds. The number of benzene rings is 2. The Bertz CT molecular complexity index is 761. The molecule has 0 saturated carbocycles. The van der Waals surface area contributed by atoms with Gasteiger partial charge in [0.2, 0.25) is 0 Å². The number of rotatable bonds is 9. The van der Waals surface area contributed by atoms with Crippen LogP contribution in [0.1, 0.15) is 25.0 Å². The van der Waals surface area contributed by atoms with Gasteiger partial charge < -0.3 is 25.2 Å². The van der Waals surface area contributed by atoms with Gasteiger partial charge in [-0.05, 0) is 49.6 Å². The second-order valence-corrected chi connectivity index (χ2v) is 6.69. The fourth-order valence-corrected chi connectivity index (χ4v) is 2.86. The molecular weight excluding hydrogens is 354 g/mol. The van der Waals surface area contributed by atoms with Gasteiger partial charge in [-0.15, -0.1) is 0 Å². The number of hydrogen-bond donors (Lipinski definition) is 3. The van der Waals surface area contributed by atoms with Gasteiger partial charge in [-0.1, -0.05) is 30.3 Å². The molecule has 6 heteroatoms. The van der Waals surface area contributed by atoms with Crippen LogP contribution in [0.3, 0.4) is 0 Å². The summed E-state index contributed by atoms with van der Waals surface area (Å²) in [6.45, 7) is 5.45. The van der Waals surface area contributed by atoms with E-state index in [2.05, 4.69) is 15.6 Å². The standard InChI is InChI=1S/C22H31N3O3/c1-5-23-21(25-16-22(2,26)18-9-7-6-8-10-18)24-14-13-17-15-19(27-3)11-12-20(17)28-4/h6-12,15,26H,5,13-14,16H2,1-4H3,(H2,23,24,25). The van der Waals surface area contributed by atoms with E-state index in [0.29, 0.717) is 12.5 Å². The minimum Gasteiger partial charge on any atom is -0.497 e. The van der Waals surface area contributed by atoms with Gasteiger partial charge in [-0.25, -0.2) is 4.99 Å². The fourth-order valence-electron chi connectivity index (χ4n) is 2.86. The van der Waals surface area contributed by atoms with Crippen molar-refractivity contribution >= 4 is 5.96 Å². The van der Waals surface area contributed by atoms with E-state index in [0.717, 1.165) is 35.6 Å². The lowest BCUT2D eigenvalue weighted by Crippen LogP contribution is -2.39. The van der Waals surface area contributed by atoms with Crippen LogP contribution < -0.4 is 20.1 Å². The van der Waals surface area contributed by atoms with Crippen LogP contribution in [-0.4, -0.2) is 44.9 Å². The van der Waals surface area contributed by atoms with Crippen LogP contribution in [0.4, 0.5) is 0 Å². The maximum absolute atomic E-state index is 10.7. The number of hydrogen-bond acceptors (Lipinski definition) is 4. The van der Waals surface area contributed by atoms with Crippen molar-refractivity contribution in [3.05, 3.63) is 59.7 Å². The van der Waals surface area contributed by atoms with Crippen molar-refractivity contribution < 1.29 is 14.6 Å². The van der Waals surface area contributed by atoms with E-state index in [1.807, 2.05) is 55.5 Å². The SMILES string of the molecule is CCNC(=NCC(C)(O)c1ccccc1)NCCc1cc(OC)ccc1OC. The van der Waals surface area contributed by atoms with Crippen molar-refractivity contribution in [2.45, 2.75) is 25.9 Å². The van der Waals surface area contributed by atoms with Gasteiger partial charge in [-0.2, -0.15) is 0 Å². The Morgan fingerprint density at radius 3 is 2.46 bits per heavy atom. The van der Waals surface area contributed by atoms with E-state index < -0.39 is 5.60 Å². The predicted octanol–water partition coefficient (Wildman–Crippen LogP) is 2.71. The molecule has 28 heavy (non-hydrogen) atoms. The van der Waals surface area contributed by atoms with E-state index in [1.165, 1.54) is 0 Å². The Labute approximate surface area is 167 Å². The summed E-state index contributed by atoms with van der Waals surface area (Å²) >= 11 is 0. The first-order chi connectivity index (χ1) is 13.5. The normalized spacial score (nSPS) is 13.5. The molecule has 0 aliphatic rings. The van der Waals surface area contributed by atoms with Crippen molar-refractivity contribution in [3.8, 4) is 11.5 Å². The highest BCUT2D eigenvalue weighted by molar-refractivity contribution is 5.79. The fraction of sp³-hybridized carbons (Fsp3) is 0.409. The van der Waals surface area contributed by atoms with Crippen LogP contribution in [0, 0.1) is 0 Å². The third kappa shape index (κ3) is 6.16. The summed E-state index contributed by atoms with van der Waals surface area (Å²) in [7, 11) is 3.31. The first kappa shape index (κ1) is 21.6. The smallest absolute Gasteiger partial charge is 0.191 e. The minimum absolute atomic E-state index is 0.259. The highest BCUT2D eigenvalue weighted by Gasteiger charge is 2.22. The summed E-state index contributed by atoms with van der Waals surface area (Å²) in [5.74, 6) is 2.30. The van der Waals surface area contributed by atoms with Crippen LogP contribution in [0.15, 0.2) is 53.5 Å². The summed E-state index contributed by atoms with van der Waals surface area (Å²) < 4.78 is 10.7. The average Bonchev–Trinajstić information content (AvgIpc) is 2.72. The van der Waals surface area contributed by atoms with Crippen molar-refractivity contribution in [2.75, 3.05) is 33.9 Å². The average molecular weight is 386 g/mol. The lowest BCUT2D eigenvalue weighted by molar-refractivity contribution is 0.0672. The van der Waals surface area contributed by atoms with Crippen molar-refractivity contribution in [1.29, 1.82) is 0 Å². The topological polar surface area (TPSA) is 75.1 Å². The van der Waals surface area contributed by atoms with E-state index in [4.69, 9.17) is 9.47 Å². The zero-order chi connectivity index (χ0) is 20.4. The maximum Gasteiger partial charge on any atom is 0.191 e. The second kappa shape index (κ2) is 10.6.